The predicted octanol–water partition coefficient (Wildman–Crippen LogP) is 6.29. The molecule has 0 spiro atoms. The molecule has 0 amide bonds. The first-order valence-electron chi connectivity index (χ1n) is 9.46. The normalized spacial score (nSPS) is 14.5. The Kier molecular flexibility index (Phi) is 16.8. The van der Waals surface area contributed by atoms with Crippen molar-refractivity contribution in [2.45, 2.75) is 103 Å². The van der Waals surface area contributed by atoms with Gasteiger partial charge in [-0.3, -0.25) is 0 Å². The third-order valence-electron chi connectivity index (χ3n) is 4.46. The van der Waals surface area contributed by atoms with E-state index in [-0.39, 0.29) is 12.2 Å². The lowest BCUT2D eigenvalue weighted by Gasteiger charge is -2.19. The van der Waals surface area contributed by atoms with Crippen LogP contribution in [0.15, 0.2) is 12.2 Å². The van der Waals surface area contributed by atoms with Gasteiger partial charge in [-0.1, -0.05) is 76.9 Å². The highest BCUT2D eigenvalue weighted by molar-refractivity contribution is 4.86. The van der Waals surface area contributed by atoms with Gasteiger partial charge >= 0.3 is 0 Å². The fourth-order valence-electron chi connectivity index (χ4n) is 2.73. The van der Waals surface area contributed by atoms with E-state index < -0.39 is 0 Å². The smallest absolute Gasteiger partial charge is 0.0864 e. The first-order valence-corrected chi connectivity index (χ1v) is 9.46. The van der Waals surface area contributed by atoms with Crippen LogP contribution in [0.3, 0.4) is 0 Å². The lowest BCUT2D eigenvalue weighted by molar-refractivity contribution is -0.0240. The lowest BCUT2D eigenvalue weighted by Crippen LogP contribution is -2.26. The van der Waals surface area contributed by atoms with Crippen molar-refractivity contribution in [3.8, 4) is 0 Å². The van der Waals surface area contributed by atoms with Crippen molar-refractivity contribution in [3.63, 3.8) is 0 Å². The molecule has 0 saturated heterocycles. The molecule has 0 bridgehead atoms. The Morgan fingerprint density at radius 2 is 1.27 bits per heavy atom. The van der Waals surface area contributed by atoms with E-state index in [1.165, 1.54) is 70.6 Å². The van der Waals surface area contributed by atoms with Gasteiger partial charge in [0.05, 0.1) is 12.2 Å². The minimum atomic E-state index is 0.159. The van der Waals surface area contributed by atoms with E-state index in [1.807, 2.05) is 0 Å². The molecule has 0 aromatic rings. The van der Waals surface area contributed by atoms with Gasteiger partial charge in [0.25, 0.3) is 0 Å². The summed E-state index contributed by atoms with van der Waals surface area (Å²) in [5, 5.41) is 0. The van der Waals surface area contributed by atoms with Gasteiger partial charge in [0.1, 0.15) is 0 Å². The Balaban J connectivity index is 3.33. The summed E-state index contributed by atoms with van der Waals surface area (Å²) in [7, 11) is 3.50. The average molecular weight is 313 g/mol. The van der Waals surface area contributed by atoms with Gasteiger partial charge in [-0.25, -0.2) is 0 Å². The largest absolute Gasteiger partial charge is 0.379 e. The summed E-state index contributed by atoms with van der Waals surface area (Å²) in [6, 6.07) is 0. The molecule has 0 aliphatic carbocycles. The molecule has 132 valence electrons. The van der Waals surface area contributed by atoms with E-state index in [4.69, 9.17) is 9.47 Å². The quantitative estimate of drug-likeness (QED) is 0.246. The Morgan fingerprint density at radius 3 is 1.77 bits per heavy atom. The van der Waals surface area contributed by atoms with Crippen LogP contribution < -0.4 is 0 Å². The summed E-state index contributed by atoms with van der Waals surface area (Å²) in [4.78, 5) is 0. The molecule has 2 atom stereocenters. The molecule has 0 fully saturated rings. The molecule has 0 rings (SSSR count). The maximum atomic E-state index is 5.43. The van der Waals surface area contributed by atoms with Gasteiger partial charge in [0, 0.05) is 14.2 Å². The van der Waals surface area contributed by atoms with Gasteiger partial charge in [-0.2, -0.15) is 0 Å². The molecule has 0 aliphatic heterocycles. The summed E-state index contributed by atoms with van der Waals surface area (Å²) in [5.41, 5.74) is 0. The van der Waals surface area contributed by atoms with Crippen LogP contribution >= 0.6 is 0 Å². The highest BCUT2D eigenvalue weighted by Crippen LogP contribution is 2.12. The summed E-state index contributed by atoms with van der Waals surface area (Å²) >= 11 is 0. The molecule has 0 heterocycles. The van der Waals surface area contributed by atoms with Crippen LogP contribution in [0.4, 0.5) is 0 Å². The standard InChI is InChI=1S/C20H40O2/c1-5-6-7-8-9-10-11-12-13-14-15-16-17-18-20(22-4)19(2)21-3/h16-17,19-20H,5-15,18H2,1-4H3. The van der Waals surface area contributed by atoms with Crippen molar-refractivity contribution in [2.24, 2.45) is 0 Å². The fraction of sp³-hybridized carbons (Fsp3) is 0.900. The molecule has 0 aliphatic rings. The van der Waals surface area contributed by atoms with Crippen molar-refractivity contribution in [1.29, 1.82) is 0 Å². The molecular formula is C20H40O2. The summed E-state index contributed by atoms with van der Waals surface area (Å²) in [5.74, 6) is 0. The molecular weight excluding hydrogens is 272 g/mol. The van der Waals surface area contributed by atoms with Gasteiger partial charge in [0.2, 0.25) is 0 Å². The van der Waals surface area contributed by atoms with Crippen LogP contribution in [-0.2, 0) is 9.47 Å². The molecule has 0 radical (unpaired) electrons. The third-order valence-corrected chi connectivity index (χ3v) is 4.46. The van der Waals surface area contributed by atoms with Crippen LogP contribution in [0.25, 0.3) is 0 Å². The lowest BCUT2D eigenvalue weighted by atomic mass is 10.1. The molecule has 0 N–H and O–H groups in total. The minimum absolute atomic E-state index is 0.159. The van der Waals surface area contributed by atoms with Crippen LogP contribution in [0, 0.1) is 0 Å². The van der Waals surface area contributed by atoms with Crippen LogP contribution in [0.2, 0.25) is 0 Å². The zero-order chi connectivity index (χ0) is 16.5. The number of hydrogen-bond acceptors (Lipinski definition) is 2. The maximum Gasteiger partial charge on any atom is 0.0864 e. The molecule has 2 unspecified atom stereocenters. The highest BCUT2D eigenvalue weighted by Gasteiger charge is 2.13. The Bertz CT molecular complexity index is 238. The van der Waals surface area contributed by atoms with Crippen molar-refractivity contribution in [3.05, 3.63) is 12.2 Å². The Morgan fingerprint density at radius 1 is 0.727 bits per heavy atom. The molecule has 0 aromatic heterocycles. The second kappa shape index (κ2) is 17.0. The molecule has 2 heteroatoms. The van der Waals surface area contributed by atoms with E-state index in [0.29, 0.717) is 0 Å². The minimum Gasteiger partial charge on any atom is -0.379 e. The zero-order valence-electron chi connectivity index (χ0n) is 15.6. The molecule has 0 aromatic carbocycles. The third kappa shape index (κ3) is 13.3. The second-order valence-corrected chi connectivity index (χ2v) is 6.39. The number of unbranched alkanes of at least 4 members (excludes halogenated alkanes) is 10. The summed E-state index contributed by atoms with van der Waals surface area (Å²) < 4.78 is 10.7. The van der Waals surface area contributed by atoms with E-state index in [0.717, 1.165) is 6.42 Å². The van der Waals surface area contributed by atoms with Gasteiger partial charge in [0.15, 0.2) is 0 Å². The second-order valence-electron chi connectivity index (χ2n) is 6.39. The van der Waals surface area contributed by atoms with Crippen molar-refractivity contribution in [1.82, 2.24) is 0 Å². The summed E-state index contributed by atoms with van der Waals surface area (Å²) in [6.45, 7) is 4.34. The first kappa shape index (κ1) is 21.7. The topological polar surface area (TPSA) is 18.5 Å². The van der Waals surface area contributed by atoms with E-state index in [9.17, 15) is 0 Å². The van der Waals surface area contributed by atoms with Crippen molar-refractivity contribution < 1.29 is 9.47 Å². The zero-order valence-corrected chi connectivity index (χ0v) is 15.6. The van der Waals surface area contributed by atoms with Crippen molar-refractivity contribution >= 4 is 0 Å². The molecule has 0 saturated carbocycles. The highest BCUT2D eigenvalue weighted by atomic mass is 16.5. The predicted molar refractivity (Wildman–Crippen MR) is 97.5 cm³/mol. The molecule has 22 heavy (non-hydrogen) atoms. The molecule has 2 nitrogen and oxygen atoms in total. The van der Waals surface area contributed by atoms with Gasteiger partial charge in [-0.05, 0) is 26.2 Å². The van der Waals surface area contributed by atoms with Crippen LogP contribution in [0.1, 0.15) is 90.9 Å². The number of rotatable bonds is 16. The number of methoxy groups -OCH3 is 2. The monoisotopic (exact) mass is 312 g/mol. The Hall–Kier alpha value is -0.340. The van der Waals surface area contributed by atoms with E-state index >= 15 is 0 Å². The van der Waals surface area contributed by atoms with Gasteiger partial charge in [-0.15, -0.1) is 0 Å². The van der Waals surface area contributed by atoms with Crippen LogP contribution in [0.5, 0.6) is 0 Å². The fourth-order valence-corrected chi connectivity index (χ4v) is 2.73. The number of hydrogen-bond donors (Lipinski definition) is 0. The number of ether oxygens (including phenoxy) is 2. The first-order chi connectivity index (χ1) is 10.8. The van der Waals surface area contributed by atoms with Crippen molar-refractivity contribution in [2.75, 3.05) is 14.2 Å². The summed E-state index contributed by atoms with van der Waals surface area (Å²) in [6.07, 6.45) is 21.1. The SMILES string of the molecule is CCCCCCCCCCCCC=CCC(OC)C(C)OC. The Labute approximate surface area is 139 Å². The van der Waals surface area contributed by atoms with Crippen LogP contribution in [-0.4, -0.2) is 26.4 Å². The number of allylic oxidation sites excluding steroid dienone is 1. The van der Waals surface area contributed by atoms with E-state index in [1.54, 1.807) is 14.2 Å². The maximum absolute atomic E-state index is 5.43. The van der Waals surface area contributed by atoms with Gasteiger partial charge < -0.3 is 9.47 Å². The van der Waals surface area contributed by atoms with E-state index in [2.05, 4.69) is 26.0 Å². The average Bonchev–Trinajstić information content (AvgIpc) is 2.54.